The Kier molecular flexibility index (Phi) is 6.82. The SMILES string of the molecule is CC1(C)c2cc(C#N)ccc2-c2ccc(-c3ccc(-c4ccccc4-c4nc(-c5ccccc5)nc(-c5ccccc5)n4)cc3)cc21. The van der Waals surface area contributed by atoms with Gasteiger partial charge in [-0.05, 0) is 62.7 Å². The van der Waals surface area contributed by atoms with E-state index >= 15 is 0 Å². The zero-order valence-electron chi connectivity index (χ0n) is 26.1. The molecular formula is C43H30N4. The van der Waals surface area contributed by atoms with Gasteiger partial charge >= 0.3 is 0 Å². The van der Waals surface area contributed by atoms with Crippen molar-refractivity contribution in [3.8, 4) is 73.6 Å². The Balaban J connectivity index is 1.17. The molecule has 1 heterocycles. The van der Waals surface area contributed by atoms with Gasteiger partial charge in [-0.1, -0.05) is 141 Å². The van der Waals surface area contributed by atoms with Crippen LogP contribution in [0.1, 0.15) is 30.5 Å². The third-order valence-corrected chi connectivity index (χ3v) is 9.20. The van der Waals surface area contributed by atoms with Crippen LogP contribution in [-0.2, 0) is 5.41 Å². The molecule has 0 spiro atoms. The van der Waals surface area contributed by atoms with E-state index in [0.717, 1.165) is 33.4 Å². The van der Waals surface area contributed by atoms with E-state index in [2.05, 4.69) is 86.6 Å². The van der Waals surface area contributed by atoms with Crippen LogP contribution in [0.2, 0.25) is 0 Å². The van der Waals surface area contributed by atoms with Gasteiger partial charge in [0.15, 0.2) is 17.5 Å². The fraction of sp³-hybridized carbons (Fsp3) is 0.0698. The van der Waals surface area contributed by atoms with Gasteiger partial charge in [-0.2, -0.15) is 5.26 Å². The first-order valence-corrected chi connectivity index (χ1v) is 15.8. The number of nitrogens with zero attached hydrogens (tertiary/aromatic N) is 4. The molecule has 222 valence electrons. The highest BCUT2D eigenvalue weighted by molar-refractivity contribution is 5.86. The van der Waals surface area contributed by atoms with Gasteiger partial charge in [0.1, 0.15) is 0 Å². The normalized spacial score (nSPS) is 12.6. The van der Waals surface area contributed by atoms with Crippen molar-refractivity contribution >= 4 is 0 Å². The predicted octanol–water partition coefficient (Wildman–Crippen LogP) is 10.4. The number of rotatable bonds is 5. The molecule has 7 aromatic rings. The molecule has 8 rings (SSSR count). The summed E-state index contributed by atoms with van der Waals surface area (Å²) in [5, 5.41) is 9.49. The zero-order valence-corrected chi connectivity index (χ0v) is 26.1. The molecule has 0 bridgehead atoms. The molecule has 4 heteroatoms. The maximum atomic E-state index is 9.49. The van der Waals surface area contributed by atoms with E-state index in [9.17, 15) is 5.26 Å². The van der Waals surface area contributed by atoms with Crippen molar-refractivity contribution in [3.63, 3.8) is 0 Å². The van der Waals surface area contributed by atoms with Gasteiger partial charge in [-0.25, -0.2) is 15.0 Å². The average Bonchev–Trinajstić information content (AvgIpc) is 3.37. The molecule has 1 aliphatic rings. The number of benzene rings is 6. The Labute approximate surface area is 274 Å². The molecule has 0 unspecified atom stereocenters. The van der Waals surface area contributed by atoms with Crippen LogP contribution in [-0.4, -0.2) is 15.0 Å². The molecule has 0 saturated carbocycles. The molecule has 1 aliphatic carbocycles. The van der Waals surface area contributed by atoms with Gasteiger partial charge in [0.2, 0.25) is 0 Å². The molecule has 6 aromatic carbocycles. The van der Waals surface area contributed by atoms with Crippen LogP contribution in [0, 0.1) is 11.3 Å². The Morgan fingerprint density at radius 1 is 0.426 bits per heavy atom. The first kappa shape index (κ1) is 28.3. The molecule has 0 saturated heterocycles. The summed E-state index contributed by atoms with van der Waals surface area (Å²) >= 11 is 0. The standard InChI is InChI=1S/C43H30N4/c1-43(2)38-25-28(27-44)17-23-35(38)36-24-22-33(26-39(36)43)29-18-20-30(21-19-29)34-15-9-10-16-37(34)42-46-40(31-11-5-3-6-12-31)45-41(47-42)32-13-7-4-8-14-32/h3-26H,1-2H3. The van der Waals surface area contributed by atoms with Gasteiger partial charge in [-0.15, -0.1) is 0 Å². The Bertz CT molecular complexity index is 2260. The quantitative estimate of drug-likeness (QED) is 0.197. The van der Waals surface area contributed by atoms with E-state index in [1.54, 1.807) is 0 Å². The van der Waals surface area contributed by atoms with Crippen LogP contribution < -0.4 is 0 Å². The molecule has 0 radical (unpaired) electrons. The minimum Gasteiger partial charge on any atom is -0.208 e. The summed E-state index contributed by atoms with van der Waals surface area (Å²) in [6, 6.07) is 52.2. The van der Waals surface area contributed by atoms with E-state index in [4.69, 9.17) is 15.0 Å². The summed E-state index contributed by atoms with van der Waals surface area (Å²) in [5.41, 5.74) is 12.8. The maximum absolute atomic E-state index is 9.49. The molecule has 0 amide bonds. The van der Waals surface area contributed by atoms with Crippen LogP contribution in [0.3, 0.4) is 0 Å². The van der Waals surface area contributed by atoms with Crippen LogP contribution in [0.25, 0.3) is 67.5 Å². The second-order valence-corrected chi connectivity index (χ2v) is 12.4. The topological polar surface area (TPSA) is 62.5 Å². The smallest absolute Gasteiger partial charge is 0.164 e. The van der Waals surface area contributed by atoms with E-state index in [1.807, 2.05) is 78.9 Å². The molecule has 0 fully saturated rings. The summed E-state index contributed by atoms with van der Waals surface area (Å²) < 4.78 is 0. The molecule has 0 N–H and O–H groups in total. The first-order valence-electron chi connectivity index (χ1n) is 15.8. The molecule has 0 atom stereocenters. The zero-order chi connectivity index (χ0) is 32.0. The van der Waals surface area contributed by atoms with Crippen LogP contribution in [0.15, 0.2) is 146 Å². The lowest BCUT2D eigenvalue weighted by Crippen LogP contribution is -2.15. The minimum atomic E-state index is -0.186. The van der Waals surface area contributed by atoms with Gasteiger partial charge < -0.3 is 0 Å². The fourth-order valence-electron chi connectivity index (χ4n) is 6.69. The lowest BCUT2D eigenvalue weighted by molar-refractivity contribution is 0.660. The maximum Gasteiger partial charge on any atom is 0.164 e. The molecule has 1 aromatic heterocycles. The van der Waals surface area contributed by atoms with Gasteiger partial charge in [-0.3, -0.25) is 0 Å². The number of hydrogen-bond donors (Lipinski definition) is 0. The number of aromatic nitrogens is 3. The molecule has 47 heavy (non-hydrogen) atoms. The summed E-state index contributed by atoms with van der Waals surface area (Å²) in [6.07, 6.45) is 0. The highest BCUT2D eigenvalue weighted by atomic mass is 15.0. The number of nitriles is 1. The predicted molar refractivity (Wildman–Crippen MR) is 189 cm³/mol. The van der Waals surface area contributed by atoms with E-state index in [1.165, 1.54) is 27.8 Å². The fourth-order valence-corrected chi connectivity index (χ4v) is 6.69. The van der Waals surface area contributed by atoms with Gasteiger partial charge in [0.25, 0.3) is 0 Å². The van der Waals surface area contributed by atoms with Crippen LogP contribution in [0.5, 0.6) is 0 Å². The average molecular weight is 603 g/mol. The van der Waals surface area contributed by atoms with Gasteiger partial charge in [0.05, 0.1) is 11.6 Å². The molecular weight excluding hydrogens is 573 g/mol. The Hall–Kier alpha value is -6.18. The Morgan fingerprint density at radius 3 is 1.53 bits per heavy atom. The number of fused-ring (bicyclic) bond motifs is 3. The summed E-state index contributed by atoms with van der Waals surface area (Å²) in [7, 11) is 0. The third-order valence-electron chi connectivity index (χ3n) is 9.20. The second-order valence-electron chi connectivity index (χ2n) is 12.4. The van der Waals surface area contributed by atoms with E-state index < -0.39 is 0 Å². The van der Waals surface area contributed by atoms with Crippen molar-refractivity contribution in [3.05, 3.63) is 162 Å². The molecule has 4 nitrogen and oxygen atoms in total. The van der Waals surface area contributed by atoms with Crippen molar-refractivity contribution in [2.45, 2.75) is 19.3 Å². The lowest BCUT2D eigenvalue weighted by Gasteiger charge is -2.22. The number of hydrogen-bond acceptors (Lipinski definition) is 4. The van der Waals surface area contributed by atoms with Crippen molar-refractivity contribution in [1.82, 2.24) is 15.0 Å². The molecule has 0 aliphatic heterocycles. The largest absolute Gasteiger partial charge is 0.208 e. The third kappa shape index (κ3) is 4.99. The summed E-state index contributed by atoms with van der Waals surface area (Å²) in [4.78, 5) is 14.8. The van der Waals surface area contributed by atoms with Crippen molar-refractivity contribution < 1.29 is 0 Å². The van der Waals surface area contributed by atoms with Crippen molar-refractivity contribution in [2.24, 2.45) is 0 Å². The highest BCUT2D eigenvalue weighted by Gasteiger charge is 2.35. The van der Waals surface area contributed by atoms with Crippen molar-refractivity contribution in [1.29, 1.82) is 5.26 Å². The second kappa shape index (κ2) is 11.3. The van der Waals surface area contributed by atoms with Gasteiger partial charge in [0, 0.05) is 22.1 Å². The Morgan fingerprint density at radius 2 is 0.915 bits per heavy atom. The highest BCUT2D eigenvalue weighted by Crippen LogP contribution is 2.50. The lowest BCUT2D eigenvalue weighted by atomic mass is 9.81. The van der Waals surface area contributed by atoms with Crippen LogP contribution in [0.4, 0.5) is 0 Å². The minimum absolute atomic E-state index is 0.186. The van der Waals surface area contributed by atoms with E-state index in [-0.39, 0.29) is 5.41 Å². The first-order chi connectivity index (χ1) is 23.0. The monoisotopic (exact) mass is 602 g/mol. The van der Waals surface area contributed by atoms with Crippen molar-refractivity contribution in [2.75, 3.05) is 0 Å². The van der Waals surface area contributed by atoms with E-state index in [0.29, 0.717) is 23.0 Å². The van der Waals surface area contributed by atoms with Crippen LogP contribution >= 0.6 is 0 Å². The summed E-state index contributed by atoms with van der Waals surface area (Å²) in [5.74, 6) is 1.92. The summed E-state index contributed by atoms with van der Waals surface area (Å²) in [6.45, 7) is 4.49.